The summed E-state index contributed by atoms with van der Waals surface area (Å²) in [5.74, 6) is -1.27. The maximum Gasteiger partial charge on any atom is 0.306 e. The van der Waals surface area contributed by atoms with Crippen LogP contribution in [0.25, 0.3) is 11.3 Å². The normalized spacial score (nSPS) is 15.6. The molecule has 0 radical (unpaired) electrons. The van der Waals surface area contributed by atoms with Gasteiger partial charge in [-0.3, -0.25) is 9.59 Å². The van der Waals surface area contributed by atoms with E-state index in [0.717, 1.165) is 5.56 Å². The number of aliphatic carboxylic acids is 1. The number of nitrogens with zero attached hydrogens (tertiary/aromatic N) is 2. The Balaban J connectivity index is 1.83. The van der Waals surface area contributed by atoms with E-state index in [0.29, 0.717) is 41.6 Å². The molecule has 1 fully saturated rings. The van der Waals surface area contributed by atoms with Crippen molar-refractivity contribution in [1.29, 1.82) is 0 Å². The SMILES string of the molecule is Nc1nc(-c2ccccc2)c(C(=O)N2CCC(C(=O)O)CC2)s1. The quantitative estimate of drug-likeness (QED) is 0.900. The summed E-state index contributed by atoms with van der Waals surface area (Å²) in [6.07, 6.45) is 0.964. The number of carbonyl (C=O) groups excluding carboxylic acids is 1. The van der Waals surface area contributed by atoms with Crippen LogP contribution in [0.2, 0.25) is 0 Å². The molecule has 0 spiro atoms. The molecule has 0 atom stereocenters. The first kappa shape index (κ1) is 15.5. The van der Waals surface area contributed by atoms with E-state index in [9.17, 15) is 9.59 Å². The zero-order valence-corrected chi connectivity index (χ0v) is 13.3. The zero-order valence-electron chi connectivity index (χ0n) is 12.4. The highest BCUT2D eigenvalue weighted by Gasteiger charge is 2.30. The van der Waals surface area contributed by atoms with Crippen LogP contribution in [-0.4, -0.2) is 40.0 Å². The lowest BCUT2D eigenvalue weighted by Crippen LogP contribution is -2.40. The van der Waals surface area contributed by atoms with E-state index in [-0.39, 0.29) is 11.8 Å². The zero-order chi connectivity index (χ0) is 16.4. The van der Waals surface area contributed by atoms with Crippen LogP contribution in [0.4, 0.5) is 5.13 Å². The molecule has 0 bridgehead atoms. The van der Waals surface area contributed by atoms with Gasteiger partial charge in [-0.1, -0.05) is 41.7 Å². The molecule has 7 heteroatoms. The summed E-state index contributed by atoms with van der Waals surface area (Å²) in [5, 5.41) is 9.40. The van der Waals surface area contributed by atoms with E-state index in [1.807, 2.05) is 30.3 Å². The van der Waals surface area contributed by atoms with Crippen molar-refractivity contribution in [2.24, 2.45) is 5.92 Å². The van der Waals surface area contributed by atoms with Gasteiger partial charge >= 0.3 is 5.97 Å². The molecule has 1 aliphatic heterocycles. The third kappa shape index (κ3) is 3.19. The fraction of sp³-hybridized carbons (Fsp3) is 0.312. The van der Waals surface area contributed by atoms with Crippen LogP contribution < -0.4 is 5.73 Å². The van der Waals surface area contributed by atoms with Crippen molar-refractivity contribution in [3.8, 4) is 11.3 Å². The average Bonchev–Trinajstić information content (AvgIpc) is 2.97. The van der Waals surface area contributed by atoms with Crippen LogP contribution in [0.5, 0.6) is 0 Å². The molecule has 1 aliphatic rings. The van der Waals surface area contributed by atoms with Crippen molar-refractivity contribution >= 4 is 28.3 Å². The van der Waals surface area contributed by atoms with Gasteiger partial charge < -0.3 is 15.7 Å². The number of thiazole rings is 1. The molecule has 1 aromatic carbocycles. The number of rotatable bonds is 3. The monoisotopic (exact) mass is 331 g/mol. The van der Waals surface area contributed by atoms with Gasteiger partial charge in [-0.05, 0) is 12.8 Å². The van der Waals surface area contributed by atoms with Crippen molar-refractivity contribution in [3.05, 3.63) is 35.2 Å². The fourth-order valence-corrected chi connectivity index (χ4v) is 3.57. The predicted octanol–water partition coefficient (Wildman–Crippen LogP) is 2.33. The lowest BCUT2D eigenvalue weighted by atomic mass is 9.97. The smallest absolute Gasteiger partial charge is 0.306 e. The number of hydrogen-bond acceptors (Lipinski definition) is 5. The summed E-state index contributed by atoms with van der Waals surface area (Å²) in [7, 11) is 0. The minimum absolute atomic E-state index is 0.123. The topological polar surface area (TPSA) is 96.5 Å². The lowest BCUT2D eigenvalue weighted by Gasteiger charge is -2.29. The van der Waals surface area contributed by atoms with Crippen molar-refractivity contribution in [2.45, 2.75) is 12.8 Å². The number of likely N-dealkylation sites (tertiary alicyclic amines) is 1. The van der Waals surface area contributed by atoms with Crippen molar-refractivity contribution in [3.63, 3.8) is 0 Å². The number of carbonyl (C=O) groups is 2. The van der Waals surface area contributed by atoms with E-state index in [4.69, 9.17) is 10.8 Å². The number of aromatic nitrogens is 1. The molecule has 23 heavy (non-hydrogen) atoms. The first-order chi connectivity index (χ1) is 11.1. The van der Waals surface area contributed by atoms with Gasteiger partial charge in [-0.15, -0.1) is 0 Å². The third-order valence-electron chi connectivity index (χ3n) is 4.02. The molecule has 1 amide bonds. The molecule has 120 valence electrons. The Morgan fingerprint density at radius 3 is 2.48 bits per heavy atom. The highest BCUT2D eigenvalue weighted by atomic mass is 32.1. The summed E-state index contributed by atoms with van der Waals surface area (Å²) in [4.78, 5) is 30.3. The number of benzene rings is 1. The second-order valence-electron chi connectivity index (χ2n) is 5.50. The number of hydrogen-bond donors (Lipinski definition) is 2. The van der Waals surface area contributed by atoms with Crippen LogP contribution in [0, 0.1) is 5.92 Å². The lowest BCUT2D eigenvalue weighted by molar-refractivity contribution is -0.143. The van der Waals surface area contributed by atoms with Gasteiger partial charge in [0.05, 0.1) is 11.6 Å². The van der Waals surface area contributed by atoms with E-state index in [1.54, 1.807) is 4.90 Å². The number of piperidine rings is 1. The number of amides is 1. The summed E-state index contributed by atoms with van der Waals surface area (Å²) in [5.41, 5.74) is 7.25. The molecular weight excluding hydrogens is 314 g/mol. The molecule has 3 rings (SSSR count). The van der Waals surface area contributed by atoms with Crippen molar-refractivity contribution in [1.82, 2.24) is 9.88 Å². The van der Waals surface area contributed by atoms with Gasteiger partial charge in [0.1, 0.15) is 4.88 Å². The summed E-state index contributed by atoms with van der Waals surface area (Å²) < 4.78 is 0. The van der Waals surface area contributed by atoms with E-state index < -0.39 is 5.97 Å². The number of carboxylic acids is 1. The minimum atomic E-state index is -0.788. The highest BCUT2D eigenvalue weighted by Crippen LogP contribution is 2.31. The Bertz CT molecular complexity index is 721. The first-order valence-corrected chi connectivity index (χ1v) is 8.21. The Morgan fingerprint density at radius 2 is 1.87 bits per heavy atom. The molecule has 1 aromatic heterocycles. The molecule has 1 saturated heterocycles. The standard InChI is InChI=1S/C16H17N3O3S/c17-16-18-12(10-4-2-1-3-5-10)13(23-16)14(20)19-8-6-11(7-9-19)15(21)22/h1-5,11H,6-9H2,(H2,17,18)(H,21,22). The van der Waals surface area contributed by atoms with E-state index >= 15 is 0 Å². The third-order valence-corrected chi connectivity index (χ3v) is 4.89. The van der Waals surface area contributed by atoms with Crippen molar-refractivity contribution < 1.29 is 14.7 Å². The van der Waals surface area contributed by atoms with E-state index in [2.05, 4.69) is 4.98 Å². The van der Waals surface area contributed by atoms with Crippen LogP contribution >= 0.6 is 11.3 Å². The summed E-state index contributed by atoms with van der Waals surface area (Å²) in [6, 6.07) is 9.45. The second kappa shape index (κ2) is 6.37. The maximum absolute atomic E-state index is 12.8. The van der Waals surface area contributed by atoms with Gasteiger partial charge in [-0.2, -0.15) is 0 Å². The number of nitrogen functional groups attached to an aromatic ring is 1. The van der Waals surface area contributed by atoms with Gasteiger partial charge in [0.15, 0.2) is 5.13 Å². The average molecular weight is 331 g/mol. The van der Waals surface area contributed by atoms with Crippen LogP contribution in [0.15, 0.2) is 30.3 Å². The van der Waals surface area contributed by atoms with Gasteiger partial charge in [0.25, 0.3) is 5.91 Å². The Morgan fingerprint density at radius 1 is 1.22 bits per heavy atom. The molecule has 2 aromatic rings. The predicted molar refractivity (Wildman–Crippen MR) is 88.2 cm³/mol. The fourth-order valence-electron chi connectivity index (χ4n) is 2.75. The first-order valence-electron chi connectivity index (χ1n) is 7.40. The summed E-state index contributed by atoms with van der Waals surface area (Å²) in [6.45, 7) is 0.893. The molecule has 2 heterocycles. The molecular formula is C16H17N3O3S. The molecule has 0 unspecified atom stereocenters. The largest absolute Gasteiger partial charge is 0.481 e. The molecule has 3 N–H and O–H groups in total. The molecule has 0 saturated carbocycles. The Kier molecular flexibility index (Phi) is 4.29. The highest BCUT2D eigenvalue weighted by molar-refractivity contribution is 7.17. The second-order valence-corrected chi connectivity index (χ2v) is 6.53. The molecule has 6 nitrogen and oxygen atoms in total. The molecule has 0 aliphatic carbocycles. The number of nitrogens with two attached hydrogens (primary N) is 1. The maximum atomic E-state index is 12.8. The Labute approximate surface area is 137 Å². The van der Waals surface area contributed by atoms with Crippen LogP contribution in [0.1, 0.15) is 22.5 Å². The van der Waals surface area contributed by atoms with Gasteiger partial charge in [0.2, 0.25) is 0 Å². The minimum Gasteiger partial charge on any atom is -0.481 e. The van der Waals surface area contributed by atoms with E-state index in [1.165, 1.54) is 11.3 Å². The number of anilines is 1. The van der Waals surface area contributed by atoms with Crippen LogP contribution in [-0.2, 0) is 4.79 Å². The van der Waals surface area contributed by atoms with Gasteiger partial charge in [-0.25, -0.2) is 4.98 Å². The van der Waals surface area contributed by atoms with Crippen molar-refractivity contribution in [2.75, 3.05) is 18.8 Å². The Hall–Kier alpha value is -2.41. The van der Waals surface area contributed by atoms with Crippen LogP contribution in [0.3, 0.4) is 0 Å². The number of carboxylic acid groups (broad SMARTS) is 1. The summed E-state index contributed by atoms with van der Waals surface area (Å²) >= 11 is 1.18. The van der Waals surface area contributed by atoms with Gasteiger partial charge in [0, 0.05) is 18.7 Å².